The van der Waals surface area contributed by atoms with E-state index in [1.165, 1.54) is 4.90 Å². The van der Waals surface area contributed by atoms with Gasteiger partial charge >= 0.3 is 0 Å². The lowest BCUT2D eigenvalue weighted by Gasteiger charge is -2.24. The summed E-state index contributed by atoms with van der Waals surface area (Å²) in [5.41, 5.74) is 0. The SMILES string of the molecule is CCC(CC)N1C(=O)CC(NCCS(C)=O)C1=O. The highest BCUT2D eigenvalue weighted by molar-refractivity contribution is 7.84. The molecule has 0 saturated carbocycles. The normalized spacial score (nSPS) is 22.0. The van der Waals surface area contributed by atoms with Gasteiger partial charge in [0.1, 0.15) is 0 Å². The molecule has 6 heteroatoms. The maximum Gasteiger partial charge on any atom is 0.247 e. The smallest absolute Gasteiger partial charge is 0.247 e. The molecule has 0 bridgehead atoms. The minimum absolute atomic E-state index is 0.0112. The van der Waals surface area contributed by atoms with E-state index in [0.717, 1.165) is 12.8 Å². The molecule has 1 aliphatic heterocycles. The van der Waals surface area contributed by atoms with Gasteiger partial charge in [-0.2, -0.15) is 0 Å². The number of rotatable bonds is 7. The molecule has 1 N–H and O–H groups in total. The summed E-state index contributed by atoms with van der Waals surface area (Å²) >= 11 is 0. The van der Waals surface area contributed by atoms with E-state index in [0.29, 0.717) is 12.3 Å². The zero-order valence-electron chi connectivity index (χ0n) is 11.3. The number of carbonyl (C=O) groups excluding carboxylic acids is 2. The predicted octanol–water partition coefficient (Wildman–Crippen LogP) is 0.271. The zero-order valence-corrected chi connectivity index (χ0v) is 12.1. The van der Waals surface area contributed by atoms with Crippen LogP contribution >= 0.6 is 0 Å². The summed E-state index contributed by atoms with van der Waals surface area (Å²) in [4.78, 5) is 25.4. The van der Waals surface area contributed by atoms with Gasteiger partial charge < -0.3 is 5.32 Å². The van der Waals surface area contributed by atoms with Crippen LogP contribution in [0.5, 0.6) is 0 Å². The van der Waals surface area contributed by atoms with Crippen molar-refractivity contribution in [2.24, 2.45) is 0 Å². The standard InChI is InChI=1S/C12H22N2O3S/c1-4-9(5-2)14-11(15)8-10(12(14)16)13-6-7-18(3)17/h9-10,13H,4-8H2,1-3H3. The number of carbonyl (C=O) groups is 2. The number of hydrogen-bond acceptors (Lipinski definition) is 4. The molecule has 1 heterocycles. The fraction of sp³-hybridized carbons (Fsp3) is 0.833. The molecular formula is C12H22N2O3S. The molecule has 0 aromatic heterocycles. The van der Waals surface area contributed by atoms with Crippen molar-refractivity contribution in [2.45, 2.75) is 45.2 Å². The molecule has 0 aromatic carbocycles. The van der Waals surface area contributed by atoms with E-state index >= 15 is 0 Å². The highest BCUT2D eigenvalue weighted by Gasteiger charge is 2.40. The maximum atomic E-state index is 12.1. The van der Waals surface area contributed by atoms with Crippen LogP contribution in [0.3, 0.4) is 0 Å². The molecule has 2 unspecified atom stereocenters. The van der Waals surface area contributed by atoms with Crippen molar-refractivity contribution in [1.29, 1.82) is 0 Å². The summed E-state index contributed by atoms with van der Waals surface area (Å²) in [6.07, 6.45) is 3.44. The van der Waals surface area contributed by atoms with Gasteiger partial charge in [-0.25, -0.2) is 0 Å². The Morgan fingerprint density at radius 2 is 2.00 bits per heavy atom. The number of imide groups is 1. The van der Waals surface area contributed by atoms with E-state index in [-0.39, 0.29) is 24.3 Å². The van der Waals surface area contributed by atoms with Gasteiger partial charge in [-0.3, -0.25) is 18.7 Å². The van der Waals surface area contributed by atoms with Crippen molar-refractivity contribution in [3.63, 3.8) is 0 Å². The number of nitrogens with zero attached hydrogens (tertiary/aromatic N) is 1. The Kier molecular flexibility index (Phi) is 5.95. The fourth-order valence-electron chi connectivity index (χ4n) is 2.22. The van der Waals surface area contributed by atoms with Crippen LogP contribution in [0.25, 0.3) is 0 Å². The van der Waals surface area contributed by atoms with Crippen LogP contribution < -0.4 is 5.32 Å². The first-order chi connectivity index (χ1) is 8.51. The van der Waals surface area contributed by atoms with Gasteiger partial charge in [0.2, 0.25) is 11.8 Å². The number of hydrogen-bond donors (Lipinski definition) is 1. The van der Waals surface area contributed by atoms with Gasteiger partial charge in [0.05, 0.1) is 12.5 Å². The van der Waals surface area contributed by atoms with Crippen molar-refractivity contribution in [2.75, 3.05) is 18.6 Å². The van der Waals surface area contributed by atoms with Crippen LogP contribution in [-0.4, -0.2) is 51.6 Å². The number of amides is 2. The summed E-state index contributed by atoms with van der Waals surface area (Å²) < 4.78 is 10.9. The maximum absolute atomic E-state index is 12.1. The molecule has 2 amide bonds. The van der Waals surface area contributed by atoms with Crippen molar-refractivity contribution >= 4 is 22.6 Å². The molecule has 5 nitrogen and oxygen atoms in total. The van der Waals surface area contributed by atoms with E-state index in [2.05, 4.69) is 5.32 Å². The van der Waals surface area contributed by atoms with Crippen molar-refractivity contribution in [3.8, 4) is 0 Å². The van der Waals surface area contributed by atoms with Crippen LogP contribution in [0.4, 0.5) is 0 Å². The van der Waals surface area contributed by atoms with Crippen LogP contribution in [0, 0.1) is 0 Å². The number of nitrogens with one attached hydrogen (secondary N) is 1. The predicted molar refractivity (Wildman–Crippen MR) is 71.6 cm³/mol. The van der Waals surface area contributed by atoms with Crippen LogP contribution in [0.2, 0.25) is 0 Å². The first-order valence-electron chi connectivity index (χ1n) is 6.40. The van der Waals surface area contributed by atoms with Gasteiger partial charge in [0, 0.05) is 35.4 Å². The lowest BCUT2D eigenvalue weighted by Crippen LogP contribution is -2.44. The average molecular weight is 274 g/mol. The third-order valence-corrected chi connectivity index (χ3v) is 4.05. The van der Waals surface area contributed by atoms with Crippen molar-refractivity contribution < 1.29 is 13.8 Å². The molecule has 1 fully saturated rings. The average Bonchev–Trinajstić information content (AvgIpc) is 2.58. The highest BCUT2D eigenvalue weighted by Crippen LogP contribution is 2.19. The second-order valence-corrected chi connectivity index (χ2v) is 6.12. The van der Waals surface area contributed by atoms with Gasteiger partial charge in [0.25, 0.3) is 0 Å². The summed E-state index contributed by atoms with van der Waals surface area (Å²) in [5, 5.41) is 3.02. The molecule has 2 atom stereocenters. The fourth-order valence-corrected chi connectivity index (χ4v) is 2.63. The van der Waals surface area contributed by atoms with Crippen LogP contribution in [0.1, 0.15) is 33.1 Å². The van der Waals surface area contributed by atoms with E-state index in [9.17, 15) is 13.8 Å². The molecule has 18 heavy (non-hydrogen) atoms. The molecule has 1 rings (SSSR count). The van der Waals surface area contributed by atoms with Gasteiger partial charge in [-0.05, 0) is 12.8 Å². The Morgan fingerprint density at radius 3 is 2.50 bits per heavy atom. The molecule has 0 radical (unpaired) electrons. The summed E-state index contributed by atoms with van der Waals surface area (Å²) in [7, 11) is -0.879. The zero-order chi connectivity index (χ0) is 13.7. The summed E-state index contributed by atoms with van der Waals surface area (Å²) in [5.74, 6) is 0.280. The van der Waals surface area contributed by atoms with Gasteiger partial charge in [0.15, 0.2) is 0 Å². The van der Waals surface area contributed by atoms with Gasteiger partial charge in [-0.1, -0.05) is 13.8 Å². The van der Waals surface area contributed by atoms with E-state index in [1.807, 2.05) is 13.8 Å². The summed E-state index contributed by atoms with van der Waals surface area (Å²) in [6.45, 7) is 4.47. The second-order valence-electron chi connectivity index (χ2n) is 4.56. The van der Waals surface area contributed by atoms with Crippen molar-refractivity contribution in [1.82, 2.24) is 10.2 Å². The first-order valence-corrected chi connectivity index (χ1v) is 8.13. The lowest BCUT2D eigenvalue weighted by molar-refractivity contribution is -0.141. The van der Waals surface area contributed by atoms with Gasteiger partial charge in [-0.15, -0.1) is 0 Å². The minimum atomic E-state index is -0.879. The molecule has 1 aliphatic rings. The Morgan fingerprint density at radius 1 is 1.39 bits per heavy atom. The van der Waals surface area contributed by atoms with Crippen molar-refractivity contribution in [3.05, 3.63) is 0 Å². The topological polar surface area (TPSA) is 66.5 Å². The van der Waals surface area contributed by atoms with Crippen LogP contribution in [0.15, 0.2) is 0 Å². The Bertz CT molecular complexity index is 342. The third-order valence-electron chi connectivity index (χ3n) is 3.27. The number of likely N-dealkylation sites (tertiary alicyclic amines) is 1. The molecular weight excluding hydrogens is 252 g/mol. The third kappa shape index (κ3) is 3.62. The Hall–Kier alpha value is -0.750. The lowest BCUT2D eigenvalue weighted by atomic mass is 10.1. The Labute approximate surface area is 111 Å². The minimum Gasteiger partial charge on any atom is -0.305 e. The molecule has 0 aromatic rings. The van der Waals surface area contributed by atoms with E-state index in [1.54, 1.807) is 6.26 Å². The largest absolute Gasteiger partial charge is 0.305 e. The van der Waals surface area contributed by atoms with Crippen LogP contribution in [-0.2, 0) is 20.4 Å². The Balaban J connectivity index is 2.58. The molecule has 0 spiro atoms. The highest BCUT2D eigenvalue weighted by atomic mass is 32.2. The molecule has 1 saturated heterocycles. The van der Waals surface area contributed by atoms with E-state index in [4.69, 9.17) is 0 Å². The molecule has 104 valence electrons. The molecule has 0 aliphatic carbocycles. The first kappa shape index (κ1) is 15.3. The second kappa shape index (κ2) is 6.99. The quantitative estimate of drug-likeness (QED) is 0.677. The van der Waals surface area contributed by atoms with E-state index < -0.39 is 16.8 Å². The summed E-state index contributed by atoms with van der Waals surface area (Å²) in [6, 6.07) is -0.418. The monoisotopic (exact) mass is 274 g/mol.